The Labute approximate surface area is 178 Å². The standard InChI is InChI=1S/C28H29NO/c1-16(2)8-19-6-7-24-21(12-19)15-26-28(29-24)23-11-18(5)10-22-13-20(9-17(3)4)14-25(30-26)27(22)23/h6-7,10-17H,8-9H2,1-5H3. The third-order valence-electron chi connectivity index (χ3n) is 5.82. The van der Waals surface area contributed by atoms with Gasteiger partial charge in [-0.15, -0.1) is 0 Å². The number of hydrogen-bond acceptors (Lipinski definition) is 2. The highest BCUT2D eigenvalue weighted by molar-refractivity contribution is 6.05. The summed E-state index contributed by atoms with van der Waals surface area (Å²) in [7, 11) is 0. The van der Waals surface area contributed by atoms with Gasteiger partial charge in [-0.1, -0.05) is 45.9 Å². The van der Waals surface area contributed by atoms with Gasteiger partial charge in [-0.05, 0) is 84.0 Å². The van der Waals surface area contributed by atoms with E-state index in [0.717, 1.165) is 40.9 Å². The Kier molecular flexibility index (Phi) is 4.54. The molecule has 30 heavy (non-hydrogen) atoms. The minimum Gasteiger partial charge on any atom is -0.454 e. The molecule has 0 saturated heterocycles. The van der Waals surface area contributed by atoms with Gasteiger partial charge in [0.1, 0.15) is 11.4 Å². The molecule has 0 radical (unpaired) electrons. The van der Waals surface area contributed by atoms with Crippen LogP contribution in [0.1, 0.15) is 44.4 Å². The van der Waals surface area contributed by atoms with E-state index in [0.29, 0.717) is 11.8 Å². The number of aryl methyl sites for hydroxylation is 1. The van der Waals surface area contributed by atoms with Crippen LogP contribution in [0.2, 0.25) is 0 Å². The molecule has 0 aliphatic carbocycles. The minimum absolute atomic E-state index is 0.611. The average molecular weight is 396 g/mol. The van der Waals surface area contributed by atoms with Gasteiger partial charge in [0.25, 0.3) is 0 Å². The lowest BCUT2D eigenvalue weighted by Gasteiger charge is -2.23. The fraction of sp³-hybridized carbons (Fsp3) is 0.321. The maximum atomic E-state index is 6.48. The Morgan fingerprint density at radius 3 is 2.27 bits per heavy atom. The molecule has 1 aliphatic heterocycles. The second-order valence-corrected chi connectivity index (χ2v) is 9.66. The molecule has 3 aromatic carbocycles. The minimum atomic E-state index is 0.611. The van der Waals surface area contributed by atoms with Gasteiger partial charge < -0.3 is 4.74 Å². The smallest absolute Gasteiger partial charge is 0.154 e. The van der Waals surface area contributed by atoms with Crippen LogP contribution in [-0.4, -0.2) is 4.98 Å². The van der Waals surface area contributed by atoms with E-state index in [9.17, 15) is 0 Å². The van der Waals surface area contributed by atoms with Crippen molar-refractivity contribution in [1.82, 2.24) is 4.98 Å². The van der Waals surface area contributed by atoms with Gasteiger partial charge in [-0.25, -0.2) is 4.98 Å². The first kappa shape index (κ1) is 19.1. The summed E-state index contributed by atoms with van der Waals surface area (Å²) in [6.07, 6.45) is 2.13. The molecule has 0 fully saturated rings. The maximum Gasteiger partial charge on any atom is 0.154 e. The lowest BCUT2D eigenvalue weighted by atomic mass is 9.92. The first-order valence-corrected chi connectivity index (χ1v) is 11.1. The Morgan fingerprint density at radius 2 is 1.50 bits per heavy atom. The van der Waals surface area contributed by atoms with Crippen molar-refractivity contribution >= 4 is 21.7 Å². The fourth-order valence-corrected chi connectivity index (χ4v) is 4.74. The molecule has 2 heterocycles. The van der Waals surface area contributed by atoms with Crippen molar-refractivity contribution in [2.24, 2.45) is 11.8 Å². The molecule has 0 spiro atoms. The molecule has 5 rings (SSSR count). The molecule has 4 aromatic rings. The monoisotopic (exact) mass is 395 g/mol. The molecule has 0 atom stereocenters. The van der Waals surface area contributed by atoms with Gasteiger partial charge in [0.05, 0.1) is 5.52 Å². The number of nitrogens with zero attached hydrogens (tertiary/aromatic N) is 1. The molecule has 1 aromatic heterocycles. The maximum absolute atomic E-state index is 6.48. The van der Waals surface area contributed by atoms with Gasteiger partial charge in [0.2, 0.25) is 0 Å². The molecule has 0 bridgehead atoms. The number of aromatic nitrogens is 1. The zero-order valence-corrected chi connectivity index (χ0v) is 18.5. The highest BCUT2D eigenvalue weighted by Crippen LogP contribution is 2.47. The molecular weight excluding hydrogens is 366 g/mol. The highest BCUT2D eigenvalue weighted by Gasteiger charge is 2.23. The van der Waals surface area contributed by atoms with Crippen molar-refractivity contribution in [3.8, 4) is 22.8 Å². The normalized spacial score (nSPS) is 12.6. The van der Waals surface area contributed by atoms with E-state index < -0.39 is 0 Å². The summed E-state index contributed by atoms with van der Waals surface area (Å²) in [5, 5.41) is 3.58. The zero-order chi connectivity index (χ0) is 21.0. The molecule has 152 valence electrons. The highest BCUT2D eigenvalue weighted by atomic mass is 16.5. The lowest BCUT2D eigenvalue weighted by molar-refractivity contribution is 0.484. The van der Waals surface area contributed by atoms with Crippen LogP contribution in [0.5, 0.6) is 11.5 Å². The lowest BCUT2D eigenvalue weighted by Crippen LogP contribution is -2.03. The van der Waals surface area contributed by atoms with E-state index in [1.165, 1.54) is 33.0 Å². The van der Waals surface area contributed by atoms with Crippen molar-refractivity contribution in [2.45, 2.75) is 47.5 Å². The van der Waals surface area contributed by atoms with Gasteiger partial charge in [-0.2, -0.15) is 0 Å². The molecule has 2 nitrogen and oxygen atoms in total. The summed E-state index contributed by atoms with van der Waals surface area (Å²) in [5.74, 6) is 3.08. The molecule has 0 amide bonds. The predicted molar refractivity (Wildman–Crippen MR) is 127 cm³/mol. The van der Waals surface area contributed by atoms with Crippen LogP contribution in [0.3, 0.4) is 0 Å². The average Bonchev–Trinajstić information content (AvgIpc) is 2.65. The number of fused-ring (bicyclic) bond motifs is 3. The van der Waals surface area contributed by atoms with E-state index in [4.69, 9.17) is 9.72 Å². The van der Waals surface area contributed by atoms with E-state index in [1.807, 2.05) is 0 Å². The Bertz CT molecular complexity index is 1280. The van der Waals surface area contributed by atoms with Gasteiger partial charge in [-0.3, -0.25) is 0 Å². The number of pyridine rings is 1. The molecular formula is C28H29NO. The topological polar surface area (TPSA) is 22.1 Å². The number of hydrogen-bond donors (Lipinski definition) is 0. The second kappa shape index (κ2) is 7.12. The number of benzene rings is 3. The first-order chi connectivity index (χ1) is 14.4. The third kappa shape index (κ3) is 3.35. The van der Waals surface area contributed by atoms with E-state index >= 15 is 0 Å². The largest absolute Gasteiger partial charge is 0.454 e. The van der Waals surface area contributed by atoms with Gasteiger partial charge in [0, 0.05) is 16.3 Å². The predicted octanol–water partition coefficient (Wildman–Crippen LogP) is 7.87. The quantitative estimate of drug-likeness (QED) is 0.309. The van der Waals surface area contributed by atoms with Crippen LogP contribution >= 0.6 is 0 Å². The summed E-state index contributed by atoms with van der Waals surface area (Å²) >= 11 is 0. The van der Waals surface area contributed by atoms with Gasteiger partial charge >= 0.3 is 0 Å². The summed E-state index contributed by atoms with van der Waals surface area (Å²) in [4.78, 5) is 5.05. The Hall–Kier alpha value is -2.87. The Balaban J connectivity index is 1.72. The van der Waals surface area contributed by atoms with E-state index in [-0.39, 0.29) is 0 Å². The van der Waals surface area contributed by atoms with Crippen molar-refractivity contribution in [3.05, 3.63) is 65.2 Å². The molecule has 0 N–H and O–H groups in total. The van der Waals surface area contributed by atoms with Crippen LogP contribution in [0.15, 0.2) is 48.5 Å². The first-order valence-electron chi connectivity index (χ1n) is 11.1. The SMILES string of the molecule is Cc1cc2c3c(cc(CC(C)C)cc3c1)Oc1cc3cc(CC(C)C)ccc3nc1-2. The van der Waals surface area contributed by atoms with Crippen molar-refractivity contribution in [3.63, 3.8) is 0 Å². The summed E-state index contributed by atoms with van der Waals surface area (Å²) in [6, 6.07) is 17.9. The summed E-state index contributed by atoms with van der Waals surface area (Å²) < 4.78 is 6.48. The van der Waals surface area contributed by atoms with Crippen LogP contribution in [0.4, 0.5) is 0 Å². The van der Waals surface area contributed by atoms with Crippen LogP contribution in [-0.2, 0) is 12.8 Å². The van der Waals surface area contributed by atoms with Crippen LogP contribution < -0.4 is 4.74 Å². The van der Waals surface area contributed by atoms with E-state index in [1.54, 1.807) is 0 Å². The van der Waals surface area contributed by atoms with Crippen molar-refractivity contribution < 1.29 is 4.74 Å². The number of rotatable bonds is 4. The van der Waals surface area contributed by atoms with Crippen LogP contribution in [0, 0.1) is 18.8 Å². The van der Waals surface area contributed by atoms with Crippen molar-refractivity contribution in [2.75, 3.05) is 0 Å². The molecule has 0 saturated carbocycles. The Morgan fingerprint density at radius 1 is 0.767 bits per heavy atom. The second-order valence-electron chi connectivity index (χ2n) is 9.66. The van der Waals surface area contributed by atoms with Crippen LogP contribution in [0.25, 0.3) is 32.9 Å². The molecule has 0 unspecified atom stereocenters. The fourth-order valence-electron chi connectivity index (χ4n) is 4.74. The molecule has 2 heteroatoms. The summed E-state index contributed by atoms with van der Waals surface area (Å²) in [6.45, 7) is 11.2. The zero-order valence-electron chi connectivity index (χ0n) is 18.5. The third-order valence-corrected chi connectivity index (χ3v) is 5.82. The summed E-state index contributed by atoms with van der Waals surface area (Å²) in [5.41, 5.74) is 7.11. The number of ether oxygens (including phenoxy) is 1. The van der Waals surface area contributed by atoms with E-state index in [2.05, 4.69) is 83.1 Å². The van der Waals surface area contributed by atoms with Crippen molar-refractivity contribution in [1.29, 1.82) is 0 Å². The molecule has 1 aliphatic rings. The van der Waals surface area contributed by atoms with Gasteiger partial charge in [0.15, 0.2) is 5.75 Å².